The third-order valence-electron chi connectivity index (χ3n) is 11.7. The molecule has 3 saturated heterocycles. The van der Waals surface area contributed by atoms with Crippen LogP contribution in [0, 0.1) is 5.82 Å². The Labute approximate surface area is 305 Å². The summed E-state index contributed by atoms with van der Waals surface area (Å²) in [5, 5.41) is 6.29. The Morgan fingerprint density at radius 3 is 2.33 bits per heavy atom. The van der Waals surface area contributed by atoms with E-state index in [4.69, 9.17) is 11.6 Å². The van der Waals surface area contributed by atoms with E-state index in [2.05, 4.69) is 57.5 Å². The Balaban J connectivity index is 0.877. The fourth-order valence-electron chi connectivity index (χ4n) is 9.04. The van der Waals surface area contributed by atoms with E-state index in [1.165, 1.54) is 24.6 Å². The van der Waals surface area contributed by atoms with Crippen LogP contribution in [0.5, 0.6) is 0 Å². The van der Waals surface area contributed by atoms with Crippen LogP contribution in [-0.2, 0) is 9.59 Å². The zero-order valence-corrected chi connectivity index (χ0v) is 29.7. The van der Waals surface area contributed by atoms with Gasteiger partial charge in [-0.3, -0.25) is 29.0 Å². The molecular weight excluding hydrogens is 683 g/mol. The molecule has 2 N–H and O–H groups in total. The number of aromatic nitrogens is 3. The molecule has 52 heavy (non-hydrogen) atoms. The quantitative estimate of drug-likeness (QED) is 0.215. The summed E-state index contributed by atoms with van der Waals surface area (Å²) in [6, 6.07) is 17.6. The van der Waals surface area contributed by atoms with Gasteiger partial charge in [-0.25, -0.2) is 4.39 Å². The fraction of sp³-hybridized carbons (Fsp3) is 0.436. The highest BCUT2D eigenvalue weighted by molar-refractivity contribution is 6.35. The largest absolute Gasteiger partial charge is 0.374 e. The van der Waals surface area contributed by atoms with Crippen LogP contribution >= 0.6 is 11.6 Å². The summed E-state index contributed by atoms with van der Waals surface area (Å²) in [5.74, 6) is -0.271. The molecule has 0 spiro atoms. The number of amides is 2. The number of anilines is 3. The Hall–Kier alpha value is -4.68. The van der Waals surface area contributed by atoms with Crippen LogP contribution < -0.4 is 26.0 Å². The molecule has 3 aliphatic heterocycles. The van der Waals surface area contributed by atoms with Crippen molar-refractivity contribution < 1.29 is 14.0 Å². The first-order valence-corrected chi connectivity index (χ1v) is 19.0. The zero-order chi connectivity index (χ0) is 35.5. The molecule has 1 saturated carbocycles. The average molecular weight is 725 g/mol. The molecule has 2 amide bonds. The number of imide groups is 1. The van der Waals surface area contributed by atoms with Gasteiger partial charge in [0.1, 0.15) is 11.9 Å². The van der Waals surface area contributed by atoms with E-state index in [-0.39, 0.29) is 29.6 Å². The van der Waals surface area contributed by atoms with Crippen LogP contribution in [0.2, 0.25) is 5.02 Å². The lowest BCUT2D eigenvalue weighted by atomic mass is 10.0. The van der Waals surface area contributed by atoms with Crippen molar-refractivity contribution in [1.82, 2.24) is 24.2 Å². The number of fused-ring (bicyclic) bond motifs is 5. The van der Waals surface area contributed by atoms with Crippen molar-refractivity contribution >= 4 is 68.2 Å². The topological polar surface area (TPSA) is 107 Å². The third-order valence-corrected chi connectivity index (χ3v) is 12.1. The number of hydrogen-bond acceptors (Lipinski definition) is 8. The molecule has 11 nitrogen and oxygen atoms in total. The molecule has 0 radical (unpaired) electrons. The lowest BCUT2D eigenvalue weighted by molar-refractivity contribution is -0.133. The van der Waals surface area contributed by atoms with Crippen LogP contribution in [0.3, 0.4) is 0 Å². The highest BCUT2D eigenvalue weighted by Gasteiger charge is 2.31. The van der Waals surface area contributed by atoms with E-state index in [9.17, 15) is 14.4 Å². The van der Waals surface area contributed by atoms with Gasteiger partial charge in [0, 0.05) is 69.1 Å². The maximum absolute atomic E-state index is 15.3. The molecule has 5 aromatic rings. The van der Waals surface area contributed by atoms with Crippen molar-refractivity contribution in [2.24, 2.45) is 0 Å². The number of nitrogens with zero attached hydrogens (tertiary/aromatic N) is 6. The Morgan fingerprint density at radius 1 is 0.788 bits per heavy atom. The number of rotatable bonds is 6. The van der Waals surface area contributed by atoms with Crippen molar-refractivity contribution in [2.75, 3.05) is 54.4 Å². The predicted molar refractivity (Wildman–Crippen MR) is 202 cm³/mol. The summed E-state index contributed by atoms with van der Waals surface area (Å²) in [4.78, 5) is 48.6. The van der Waals surface area contributed by atoms with E-state index in [0.717, 1.165) is 81.5 Å². The minimum atomic E-state index is -0.547. The van der Waals surface area contributed by atoms with Crippen LogP contribution in [0.4, 0.5) is 21.5 Å². The van der Waals surface area contributed by atoms with Gasteiger partial charge in [-0.15, -0.1) is 0 Å². The van der Waals surface area contributed by atoms with Crippen LogP contribution in [-0.4, -0.2) is 82.0 Å². The average Bonchev–Trinajstić information content (AvgIpc) is 3.79. The summed E-state index contributed by atoms with van der Waals surface area (Å²) in [7, 11) is 0. The lowest BCUT2D eigenvalue weighted by Crippen LogP contribution is -2.53. The van der Waals surface area contributed by atoms with Crippen LogP contribution in [0.15, 0.2) is 59.4 Å². The van der Waals surface area contributed by atoms with Gasteiger partial charge < -0.3 is 19.7 Å². The van der Waals surface area contributed by atoms with E-state index >= 15 is 4.39 Å². The zero-order valence-electron chi connectivity index (χ0n) is 29.0. The number of nitrogens with one attached hydrogen (secondary N) is 2. The number of benzene rings is 3. The van der Waals surface area contributed by atoms with E-state index < -0.39 is 6.04 Å². The first-order chi connectivity index (χ1) is 25.3. The lowest BCUT2D eigenvalue weighted by Gasteiger charge is -2.44. The van der Waals surface area contributed by atoms with Crippen molar-refractivity contribution in [3.05, 3.63) is 75.8 Å². The standard InChI is InChI=1S/C39H42ClFN8O3/c40-28-6-3-7-33-36(28)38(52)44-39-48(26-4-1-2-5-26)34-23-27(9-12-32(34)49(33)39)45-16-14-25(15-17-45)46-18-20-47(21-19-46)31-11-8-24(22-29(31)41)42-30-10-13-35(50)43-37(30)51/h3,6-9,11-12,22-23,25-26,30,42H,1-2,4-5,10,13-21H2,(H,43,50,51). The molecule has 4 aliphatic rings. The smallest absolute Gasteiger partial charge is 0.283 e. The van der Waals surface area contributed by atoms with Crippen molar-refractivity contribution in [1.29, 1.82) is 0 Å². The normalized spacial score (nSPS) is 21.2. The predicted octanol–water partition coefficient (Wildman–Crippen LogP) is 5.72. The third kappa shape index (κ3) is 5.85. The first kappa shape index (κ1) is 33.2. The van der Waals surface area contributed by atoms with Crippen molar-refractivity contribution in [2.45, 2.75) is 69.5 Å². The summed E-state index contributed by atoms with van der Waals surface area (Å²) >= 11 is 6.52. The van der Waals surface area contributed by atoms with Gasteiger partial charge in [0.25, 0.3) is 5.56 Å². The Morgan fingerprint density at radius 2 is 1.58 bits per heavy atom. The second-order valence-corrected chi connectivity index (χ2v) is 15.1. The van der Waals surface area contributed by atoms with Crippen molar-refractivity contribution in [3.63, 3.8) is 0 Å². The van der Waals surface area contributed by atoms with Gasteiger partial charge in [-0.2, -0.15) is 4.98 Å². The first-order valence-electron chi connectivity index (χ1n) is 18.6. The molecule has 9 rings (SSSR count). The number of hydrogen-bond donors (Lipinski definition) is 2. The summed E-state index contributed by atoms with van der Waals surface area (Å²) in [5.41, 5.74) is 4.95. The number of carbonyl (C=O) groups excluding carboxylic acids is 2. The summed E-state index contributed by atoms with van der Waals surface area (Å²) < 4.78 is 19.7. The monoisotopic (exact) mass is 724 g/mol. The number of piperazine rings is 1. The highest BCUT2D eigenvalue weighted by Crippen LogP contribution is 2.38. The molecule has 13 heteroatoms. The summed E-state index contributed by atoms with van der Waals surface area (Å²) in [6.07, 6.45) is 7.27. The maximum Gasteiger partial charge on any atom is 0.283 e. The minimum Gasteiger partial charge on any atom is -0.374 e. The fourth-order valence-corrected chi connectivity index (χ4v) is 9.29. The molecular formula is C39H42ClFN8O3. The molecule has 270 valence electrons. The van der Waals surface area contributed by atoms with Crippen molar-refractivity contribution in [3.8, 4) is 0 Å². The van der Waals surface area contributed by atoms with E-state index in [1.54, 1.807) is 12.1 Å². The van der Waals surface area contributed by atoms with E-state index in [0.29, 0.717) is 46.1 Å². The molecule has 5 heterocycles. The number of imidazole rings is 1. The molecule has 1 aliphatic carbocycles. The number of halogens is 2. The van der Waals surface area contributed by atoms with Gasteiger partial charge in [-0.1, -0.05) is 30.5 Å². The minimum absolute atomic E-state index is 0.270. The maximum atomic E-state index is 15.3. The van der Waals surface area contributed by atoms with Gasteiger partial charge >= 0.3 is 0 Å². The molecule has 4 fully saturated rings. The molecule has 2 aromatic heterocycles. The SMILES string of the molecule is O=C1CCC(Nc2ccc(N3CCN(C4CCN(c5ccc6c(c5)n(C5CCCC5)c5nc(=O)c7c(Cl)cccc7n65)CC4)CC3)c(F)c2)C(=O)N1. The van der Waals surface area contributed by atoms with Gasteiger partial charge in [-0.05, 0) is 80.6 Å². The van der Waals surface area contributed by atoms with Crippen LogP contribution in [0.1, 0.15) is 57.4 Å². The molecule has 0 bridgehead atoms. The second-order valence-electron chi connectivity index (χ2n) is 14.7. The molecule has 1 atom stereocenters. The Kier molecular flexibility index (Phi) is 8.54. The summed E-state index contributed by atoms with van der Waals surface area (Å²) in [6.45, 7) is 5.14. The van der Waals surface area contributed by atoms with Crippen LogP contribution in [0.25, 0.3) is 27.7 Å². The Bertz CT molecular complexity index is 2270. The van der Waals surface area contributed by atoms with Gasteiger partial charge in [0.15, 0.2) is 0 Å². The van der Waals surface area contributed by atoms with Gasteiger partial charge in [0.2, 0.25) is 17.6 Å². The number of carbonyl (C=O) groups is 2. The van der Waals surface area contributed by atoms with Gasteiger partial charge in [0.05, 0.1) is 32.6 Å². The molecule has 1 unspecified atom stereocenters. The molecule has 3 aromatic carbocycles. The second kappa shape index (κ2) is 13.4. The number of piperidine rings is 2. The van der Waals surface area contributed by atoms with E-state index in [1.807, 2.05) is 18.2 Å². The highest BCUT2D eigenvalue weighted by atomic mass is 35.5.